The average molecular weight is 682 g/mol. The van der Waals surface area contributed by atoms with Crippen LogP contribution in [0.5, 0.6) is 5.75 Å². The topological polar surface area (TPSA) is 96.0 Å². The Morgan fingerprint density at radius 1 is 0.837 bits per heavy atom. The van der Waals surface area contributed by atoms with Crippen LogP contribution in [0.15, 0.2) is 108 Å². The van der Waals surface area contributed by atoms with Gasteiger partial charge in [-0.2, -0.15) is 0 Å². The molecule has 4 aromatic rings. The number of amides is 2. The zero-order valence-electron chi connectivity index (χ0n) is 28.7. The highest BCUT2D eigenvalue weighted by molar-refractivity contribution is 7.92. The lowest BCUT2D eigenvalue weighted by molar-refractivity contribution is -0.140. The predicted molar refractivity (Wildman–Crippen MR) is 194 cm³/mol. The van der Waals surface area contributed by atoms with Crippen LogP contribution in [0, 0.1) is 13.8 Å². The van der Waals surface area contributed by atoms with Gasteiger partial charge in [0.2, 0.25) is 11.8 Å². The van der Waals surface area contributed by atoms with Gasteiger partial charge in [0.1, 0.15) is 18.3 Å². The Labute approximate surface area is 291 Å². The molecule has 0 saturated heterocycles. The van der Waals surface area contributed by atoms with Crippen molar-refractivity contribution in [2.24, 2.45) is 0 Å². The Kier molecular flexibility index (Phi) is 12.1. The van der Waals surface area contributed by atoms with E-state index in [0.717, 1.165) is 58.7 Å². The van der Waals surface area contributed by atoms with E-state index in [1.807, 2.05) is 75.4 Å². The first-order valence-electron chi connectivity index (χ1n) is 17.2. The summed E-state index contributed by atoms with van der Waals surface area (Å²) in [4.78, 5) is 30.7. The first-order valence-corrected chi connectivity index (χ1v) is 18.6. The highest BCUT2D eigenvalue weighted by Crippen LogP contribution is 2.28. The third-order valence-electron chi connectivity index (χ3n) is 9.15. The number of anilines is 1. The summed E-state index contributed by atoms with van der Waals surface area (Å²) in [5.41, 5.74) is 4.00. The quantitative estimate of drug-likeness (QED) is 0.155. The zero-order chi connectivity index (χ0) is 34.8. The molecule has 9 heteroatoms. The number of nitrogens with zero attached hydrogens (tertiary/aromatic N) is 2. The van der Waals surface area contributed by atoms with Gasteiger partial charge in [-0.05, 0) is 86.7 Å². The van der Waals surface area contributed by atoms with Crippen molar-refractivity contribution < 1.29 is 22.7 Å². The van der Waals surface area contributed by atoms with E-state index in [9.17, 15) is 18.0 Å². The fraction of sp³-hybridized carbons (Fsp3) is 0.350. The van der Waals surface area contributed by atoms with Gasteiger partial charge in [0, 0.05) is 19.0 Å². The Morgan fingerprint density at radius 2 is 1.49 bits per heavy atom. The highest BCUT2D eigenvalue weighted by Gasteiger charge is 2.35. The van der Waals surface area contributed by atoms with E-state index in [1.54, 1.807) is 53.4 Å². The van der Waals surface area contributed by atoms with Gasteiger partial charge in [-0.15, -0.1) is 0 Å². The molecule has 1 aliphatic carbocycles. The summed E-state index contributed by atoms with van der Waals surface area (Å²) in [6, 6.07) is 29.8. The summed E-state index contributed by atoms with van der Waals surface area (Å²) >= 11 is 0. The fourth-order valence-electron chi connectivity index (χ4n) is 6.31. The van der Waals surface area contributed by atoms with Crippen LogP contribution in [0.1, 0.15) is 61.3 Å². The molecule has 5 rings (SSSR count). The van der Waals surface area contributed by atoms with Gasteiger partial charge >= 0.3 is 0 Å². The van der Waals surface area contributed by atoms with Gasteiger partial charge in [0.25, 0.3) is 10.0 Å². The Morgan fingerprint density at radius 3 is 2.14 bits per heavy atom. The minimum Gasteiger partial charge on any atom is -0.494 e. The molecule has 258 valence electrons. The molecule has 0 aliphatic heterocycles. The molecular weight excluding hydrogens is 635 g/mol. The van der Waals surface area contributed by atoms with Crippen molar-refractivity contribution in [3.63, 3.8) is 0 Å². The number of rotatable bonds is 14. The van der Waals surface area contributed by atoms with Crippen LogP contribution in [-0.2, 0) is 32.6 Å². The van der Waals surface area contributed by atoms with E-state index in [-0.39, 0.29) is 29.8 Å². The monoisotopic (exact) mass is 681 g/mol. The lowest BCUT2D eigenvalue weighted by Crippen LogP contribution is -2.55. The lowest BCUT2D eigenvalue weighted by Gasteiger charge is -2.35. The number of hydrogen-bond acceptors (Lipinski definition) is 5. The van der Waals surface area contributed by atoms with Crippen molar-refractivity contribution in [2.75, 3.05) is 17.5 Å². The number of carbonyl (C=O) groups excluding carboxylic acids is 2. The number of nitrogens with one attached hydrogen (secondary N) is 1. The average Bonchev–Trinajstić information content (AvgIpc) is 3.11. The minimum atomic E-state index is -4.19. The molecule has 1 unspecified atom stereocenters. The van der Waals surface area contributed by atoms with Gasteiger partial charge < -0.3 is 15.0 Å². The second-order valence-electron chi connectivity index (χ2n) is 12.7. The van der Waals surface area contributed by atoms with E-state index in [0.29, 0.717) is 18.0 Å². The molecule has 1 atom stereocenters. The van der Waals surface area contributed by atoms with Gasteiger partial charge in [0.05, 0.1) is 17.2 Å². The molecular formula is C40H47N3O5S. The standard InChI is InChI=1S/C40H47N3O5S/c1-4-48-36-23-21-35(22-24-36)43(49(46,47)37-25-19-30(2)20-26-37)29-39(44)42(28-33-16-12-11-13-31(33)3)38(27-32-14-7-5-8-15-32)40(45)41-34-17-9-6-10-18-34/h5,7-8,11-16,19-26,34,38H,4,6,9-10,17-18,27-29H2,1-3H3,(H,41,45). The van der Waals surface area contributed by atoms with Crippen LogP contribution in [0.25, 0.3) is 0 Å². The first kappa shape index (κ1) is 35.7. The Balaban J connectivity index is 1.57. The van der Waals surface area contributed by atoms with E-state index in [2.05, 4.69) is 5.32 Å². The molecule has 0 aromatic heterocycles. The van der Waals surface area contributed by atoms with Crippen LogP contribution in [0.2, 0.25) is 0 Å². The molecule has 1 fully saturated rings. The van der Waals surface area contributed by atoms with Crippen molar-refractivity contribution in [1.82, 2.24) is 10.2 Å². The van der Waals surface area contributed by atoms with Crippen molar-refractivity contribution in [3.8, 4) is 5.75 Å². The molecule has 1 aliphatic rings. The number of ether oxygens (including phenoxy) is 1. The van der Waals surface area contributed by atoms with Crippen molar-refractivity contribution >= 4 is 27.5 Å². The Bertz CT molecular complexity index is 1790. The number of benzene rings is 4. The van der Waals surface area contributed by atoms with Gasteiger partial charge in [-0.3, -0.25) is 13.9 Å². The third-order valence-corrected chi connectivity index (χ3v) is 10.9. The normalized spacial score (nSPS) is 14.1. The third kappa shape index (κ3) is 9.29. The maximum absolute atomic E-state index is 14.8. The predicted octanol–water partition coefficient (Wildman–Crippen LogP) is 6.99. The maximum atomic E-state index is 14.8. The summed E-state index contributed by atoms with van der Waals surface area (Å²) < 4.78 is 35.4. The molecule has 0 spiro atoms. The highest BCUT2D eigenvalue weighted by atomic mass is 32.2. The van der Waals surface area contributed by atoms with Crippen LogP contribution in [-0.4, -0.2) is 50.4 Å². The fourth-order valence-corrected chi connectivity index (χ4v) is 7.72. The largest absolute Gasteiger partial charge is 0.494 e. The summed E-state index contributed by atoms with van der Waals surface area (Å²) in [6.45, 7) is 5.84. The molecule has 8 nitrogen and oxygen atoms in total. The van der Waals surface area contributed by atoms with Crippen molar-refractivity contribution in [2.45, 2.75) is 82.8 Å². The van der Waals surface area contributed by atoms with E-state index >= 15 is 0 Å². The lowest BCUT2D eigenvalue weighted by atomic mass is 9.94. The van der Waals surface area contributed by atoms with Gasteiger partial charge in [0.15, 0.2) is 0 Å². The molecule has 0 radical (unpaired) electrons. The Hall–Kier alpha value is -4.63. The van der Waals surface area contributed by atoms with Crippen LogP contribution < -0.4 is 14.4 Å². The molecule has 1 N–H and O–H groups in total. The molecule has 1 saturated carbocycles. The van der Waals surface area contributed by atoms with Gasteiger partial charge in [-0.25, -0.2) is 8.42 Å². The number of sulfonamides is 1. The molecule has 49 heavy (non-hydrogen) atoms. The molecule has 2 amide bonds. The second kappa shape index (κ2) is 16.7. The van der Waals surface area contributed by atoms with E-state index < -0.39 is 28.5 Å². The SMILES string of the molecule is CCOc1ccc(N(CC(=O)N(Cc2ccccc2C)C(Cc2ccccc2)C(=O)NC2CCCCC2)S(=O)(=O)c2ccc(C)cc2)cc1. The number of carbonyl (C=O) groups is 2. The van der Waals surface area contributed by atoms with Crippen molar-refractivity contribution in [1.29, 1.82) is 0 Å². The number of aryl methyl sites for hydroxylation is 2. The summed E-state index contributed by atoms with van der Waals surface area (Å²) in [5, 5.41) is 3.26. The molecule has 4 aromatic carbocycles. The van der Waals surface area contributed by atoms with E-state index in [1.165, 1.54) is 0 Å². The summed E-state index contributed by atoms with van der Waals surface area (Å²) in [5.74, 6) is -0.118. The molecule has 0 bridgehead atoms. The van der Waals surface area contributed by atoms with Gasteiger partial charge in [-0.1, -0.05) is 91.6 Å². The van der Waals surface area contributed by atoms with Crippen molar-refractivity contribution in [3.05, 3.63) is 125 Å². The second-order valence-corrected chi connectivity index (χ2v) is 14.6. The maximum Gasteiger partial charge on any atom is 0.264 e. The van der Waals surface area contributed by atoms with Crippen LogP contribution >= 0.6 is 0 Å². The van der Waals surface area contributed by atoms with E-state index in [4.69, 9.17) is 4.74 Å². The number of hydrogen-bond donors (Lipinski definition) is 1. The van der Waals surface area contributed by atoms with Crippen LogP contribution in [0.4, 0.5) is 5.69 Å². The van der Waals surface area contributed by atoms with Crippen LogP contribution in [0.3, 0.4) is 0 Å². The molecule has 0 heterocycles. The summed E-state index contributed by atoms with van der Waals surface area (Å²) in [7, 11) is -4.19. The first-order chi connectivity index (χ1) is 23.7. The minimum absolute atomic E-state index is 0.0391. The smallest absolute Gasteiger partial charge is 0.264 e. The summed E-state index contributed by atoms with van der Waals surface area (Å²) in [6.07, 6.45) is 5.33. The zero-order valence-corrected chi connectivity index (χ0v) is 29.5.